The number of carbonyl (C=O) groups is 1. The van der Waals surface area contributed by atoms with Crippen molar-refractivity contribution >= 4 is 23.4 Å². The standard InChI is InChI=1S/C12H15NO2S/c14-6-7-16-11-8-10(11)12(15)13-9-4-2-1-3-5-9/h1-5,10-11,14H,6-8H2,(H,13,15)/t10-,11-/m0/s1. The number of amides is 1. The fourth-order valence-electron chi connectivity index (χ4n) is 1.59. The quantitative estimate of drug-likeness (QED) is 0.820. The molecule has 0 aliphatic heterocycles. The van der Waals surface area contributed by atoms with Crippen LogP contribution in [0.1, 0.15) is 6.42 Å². The second-order valence-corrected chi connectivity index (χ2v) is 5.18. The Morgan fingerprint density at radius 2 is 2.19 bits per heavy atom. The van der Waals surface area contributed by atoms with E-state index in [1.165, 1.54) is 0 Å². The van der Waals surface area contributed by atoms with Crippen LogP contribution >= 0.6 is 11.8 Å². The minimum absolute atomic E-state index is 0.0987. The third-order valence-electron chi connectivity index (χ3n) is 2.53. The summed E-state index contributed by atoms with van der Waals surface area (Å²) in [7, 11) is 0. The average Bonchev–Trinajstić information content (AvgIpc) is 3.07. The molecule has 1 amide bonds. The third-order valence-corrected chi connectivity index (χ3v) is 3.90. The van der Waals surface area contributed by atoms with E-state index in [0.717, 1.165) is 17.9 Å². The molecule has 1 aromatic carbocycles. The van der Waals surface area contributed by atoms with Gasteiger partial charge in [0, 0.05) is 16.7 Å². The molecule has 1 aliphatic carbocycles. The summed E-state index contributed by atoms with van der Waals surface area (Å²) < 4.78 is 0. The van der Waals surface area contributed by atoms with Gasteiger partial charge in [-0.2, -0.15) is 11.8 Å². The van der Waals surface area contributed by atoms with Gasteiger partial charge in [0.1, 0.15) is 0 Å². The molecule has 1 aliphatic rings. The van der Waals surface area contributed by atoms with Crippen LogP contribution in [0.25, 0.3) is 0 Å². The number of nitrogens with one attached hydrogen (secondary N) is 1. The van der Waals surface area contributed by atoms with Gasteiger partial charge in [-0.05, 0) is 18.6 Å². The summed E-state index contributed by atoms with van der Waals surface area (Å²) in [5.74, 6) is 0.943. The van der Waals surface area contributed by atoms with Crippen LogP contribution in [0, 0.1) is 5.92 Å². The van der Waals surface area contributed by atoms with Crippen molar-refractivity contribution in [1.82, 2.24) is 0 Å². The molecule has 2 atom stereocenters. The number of para-hydroxylation sites is 1. The van der Waals surface area contributed by atoms with E-state index in [-0.39, 0.29) is 18.4 Å². The third kappa shape index (κ3) is 3.00. The molecule has 1 saturated carbocycles. The molecular formula is C12H15NO2S. The molecule has 16 heavy (non-hydrogen) atoms. The number of benzene rings is 1. The van der Waals surface area contributed by atoms with Crippen LogP contribution in [0.4, 0.5) is 5.69 Å². The maximum atomic E-state index is 11.8. The number of carbonyl (C=O) groups excluding carboxylic acids is 1. The van der Waals surface area contributed by atoms with Crippen LogP contribution in [0.15, 0.2) is 30.3 Å². The molecule has 0 heterocycles. The Balaban J connectivity index is 1.78. The lowest BCUT2D eigenvalue weighted by atomic mass is 10.3. The Morgan fingerprint density at radius 1 is 1.44 bits per heavy atom. The summed E-state index contributed by atoms with van der Waals surface area (Å²) in [6.45, 7) is 0.189. The lowest BCUT2D eigenvalue weighted by Gasteiger charge is -2.03. The molecular weight excluding hydrogens is 222 g/mol. The lowest BCUT2D eigenvalue weighted by molar-refractivity contribution is -0.117. The topological polar surface area (TPSA) is 49.3 Å². The Morgan fingerprint density at radius 3 is 2.88 bits per heavy atom. The molecule has 0 spiro atoms. The van der Waals surface area contributed by atoms with Crippen LogP contribution in [-0.4, -0.2) is 28.6 Å². The van der Waals surface area contributed by atoms with E-state index in [9.17, 15) is 4.79 Å². The lowest BCUT2D eigenvalue weighted by Crippen LogP contribution is -2.15. The second-order valence-electron chi connectivity index (χ2n) is 3.83. The van der Waals surface area contributed by atoms with E-state index in [0.29, 0.717) is 5.25 Å². The van der Waals surface area contributed by atoms with E-state index in [1.807, 2.05) is 30.3 Å². The predicted octanol–water partition coefficient (Wildman–Crippen LogP) is 1.74. The number of anilines is 1. The maximum Gasteiger partial charge on any atom is 0.228 e. The van der Waals surface area contributed by atoms with Gasteiger partial charge in [-0.1, -0.05) is 18.2 Å². The van der Waals surface area contributed by atoms with Crippen LogP contribution in [0.5, 0.6) is 0 Å². The van der Waals surface area contributed by atoms with E-state index in [2.05, 4.69) is 5.32 Å². The van der Waals surface area contributed by atoms with Gasteiger partial charge in [-0.25, -0.2) is 0 Å². The van der Waals surface area contributed by atoms with Crippen molar-refractivity contribution in [2.24, 2.45) is 5.92 Å². The Hall–Kier alpha value is -1.00. The van der Waals surface area contributed by atoms with Crippen molar-refractivity contribution in [2.45, 2.75) is 11.7 Å². The molecule has 0 bridgehead atoms. The van der Waals surface area contributed by atoms with Crippen LogP contribution in [0.2, 0.25) is 0 Å². The monoisotopic (exact) mass is 237 g/mol. The highest BCUT2D eigenvalue weighted by atomic mass is 32.2. The van der Waals surface area contributed by atoms with Crippen LogP contribution in [-0.2, 0) is 4.79 Å². The highest BCUT2D eigenvalue weighted by Crippen LogP contribution is 2.42. The Kier molecular flexibility index (Phi) is 3.85. The van der Waals surface area contributed by atoms with Crippen molar-refractivity contribution in [1.29, 1.82) is 0 Å². The first-order valence-corrected chi connectivity index (χ1v) is 6.44. The average molecular weight is 237 g/mol. The molecule has 3 nitrogen and oxygen atoms in total. The molecule has 1 aromatic rings. The SMILES string of the molecule is O=C(Nc1ccccc1)[C@H]1C[C@@H]1SCCO. The number of aliphatic hydroxyl groups excluding tert-OH is 1. The van der Waals surface area contributed by atoms with Gasteiger partial charge in [0.05, 0.1) is 12.5 Å². The maximum absolute atomic E-state index is 11.8. The summed E-state index contributed by atoms with van der Waals surface area (Å²) in [6.07, 6.45) is 0.934. The van der Waals surface area contributed by atoms with E-state index < -0.39 is 0 Å². The first-order valence-electron chi connectivity index (χ1n) is 5.39. The fourth-order valence-corrected chi connectivity index (χ4v) is 2.70. The van der Waals surface area contributed by atoms with Crippen LogP contribution in [0.3, 0.4) is 0 Å². The van der Waals surface area contributed by atoms with Crippen molar-refractivity contribution in [2.75, 3.05) is 17.7 Å². The van der Waals surface area contributed by atoms with Crippen LogP contribution < -0.4 is 5.32 Å². The summed E-state index contributed by atoms with van der Waals surface area (Å²) in [4.78, 5) is 11.8. The van der Waals surface area contributed by atoms with Gasteiger partial charge >= 0.3 is 0 Å². The van der Waals surface area contributed by atoms with Gasteiger partial charge in [-0.15, -0.1) is 0 Å². The van der Waals surface area contributed by atoms with Gasteiger partial charge < -0.3 is 10.4 Å². The molecule has 2 rings (SSSR count). The highest BCUT2D eigenvalue weighted by Gasteiger charge is 2.43. The largest absolute Gasteiger partial charge is 0.396 e. The molecule has 0 aromatic heterocycles. The van der Waals surface area contributed by atoms with E-state index >= 15 is 0 Å². The summed E-state index contributed by atoms with van der Waals surface area (Å²) in [5, 5.41) is 12.0. The molecule has 86 valence electrons. The number of hydrogen-bond acceptors (Lipinski definition) is 3. The minimum atomic E-state index is 0.0987. The zero-order valence-corrected chi connectivity index (χ0v) is 9.74. The molecule has 2 N–H and O–H groups in total. The highest BCUT2D eigenvalue weighted by molar-refractivity contribution is 8.00. The Labute approximate surface area is 99.2 Å². The predicted molar refractivity (Wildman–Crippen MR) is 66.5 cm³/mol. The zero-order chi connectivity index (χ0) is 11.4. The first-order chi connectivity index (χ1) is 7.81. The minimum Gasteiger partial charge on any atom is -0.396 e. The number of hydrogen-bond donors (Lipinski definition) is 2. The number of thioether (sulfide) groups is 1. The van der Waals surface area contributed by atoms with E-state index in [1.54, 1.807) is 11.8 Å². The molecule has 4 heteroatoms. The van der Waals surface area contributed by atoms with Crippen molar-refractivity contribution in [3.05, 3.63) is 30.3 Å². The zero-order valence-electron chi connectivity index (χ0n) is 8.93. The van der Waals surface area contributed by atoms with Crippen molar-refractivity contribution in [3.63, 3.8) is 0 Å². The van der Waals surface area contributed by atoms with Gasteiger partial charge in [0.25, 0.3) is 0 Å². The Bertz CT molecular complexity index is 355. The fraction of sp³-hybridized carbons (Fsp3) is 0.417. The van der Waals surface area contributed by atoms with E-state index in [4.69, 9.17) is 5.11 Å². The van der Waals surface area contributed by atoms with Gasteiger partial charge in [0.15, 0.2) is 0 Å². The van der Waals surface area contributed by atoms with Crippen molar-refractivity contribution in [3.8, 4) is 0 Å². The smallest absolute Gasteiger partial charge is 0.228 e. The molecule has 1 fully saturated rings. The van der Waals surface area contributed by atoms with Crippen molar-refractivity contribution < 1.29 is 9.90 Å². The number of rotatable bonds is 5. The summed E-state index contributed by atoms with van der Waals surface area (Å²) >= 11 is 1.68. The molecule has 0 saturated heterocycles. The summed E-state index contributed by atoms with van der Waals surface area (Å²) in [6, 6.07) is 9.50. The van der Waals surface area contributed by atoms with Gasteiger partial charge in [-0.3, -0.25) is 4.79 Å². The molecule has 0 unspecified atom stereocenters. The molecule has 0 radical (unpaired) electrons. The number of aliphatic hydroxyl groups is 1. The van der Waals surface area contributed by atoms with Gasteiger partial charge in [0.2, 0.25) is 5.91 Å². The normalized spacial score (nSPS) is 22.8. The first kappa shape index (κ1) is 11.5. The second kappa shape index (κ2) is 5.37. The summed E-state index contributed by atoms with van der Waals surface area (Å²) in [5.41, 5.74) is 0.852.